The lowest BCUT2D eigenvalue weighted by atomic mass is 9.98. The number of aryl methyl sites for hydroxylation is 1. The summed E-state index contributed by atoms with van der Waals surface area (Å²) >= 11 is 0. The van der Waals surface area contributed by atoms with Crippen molar-refractivity contribution < 1.29 is 9.18 Å². The zero-order chi connectivity index (χ0) is 22.8. The van der Waals surface area contributed by atoms with Gasteiger partial charge >= 0.3 is 0 Å². The van der Waals surface area contributed by atoms with E-state index in [0.29, 0.717) is 24.5 Å². The van der Waals surface area contributed by atoms with Gasteiger partial charge in [-0.3, -0.25) is 9.78 Å². The van der Waals surface area contributed by atoms with Gasteiger partial charge in [0.05, 0.1) is 6.04 Å². The smallest absolute Gasteiger partial charge is 0.254 e. The maximum Gasteiger partial charge on any atom is 0.254 e. The van der Waals surface area contributed by atoms with E-state index < -0.39 is 0 Å². The summed E-state index contributed by atoms with van der Waals surface area (Å²) in [7, 11) is 0. The summed E-state index contributed by atoms with van der Waals surface area (Å²) in [6, 6.07) is 10.1. The number of hydrogen-bond acceptors (Lipinski definition) is 5. The molecule has 5 rings (SSSR count). The zero-order valence-corrected chi connectivity index (χ0v) is 18.9. The first-order valence-corrected chi connectivity index (χ1v) is 11.7. The topological polar surface area (TPSA) is 62.2 Å². The molecule has 0 saturated carbocycles. The van der Waals surface area contributed by atoms with E-state index in [1.807, 2.05) is 17.9 Å². The molecule has 170 valence electrons. The molecule has 0 N–H and O–H groups in total. The average Bonchev–Trinajstić information content (AvgIpc) is 2.84. The maximum absolute atomic E-state index is 13.8. The maximum atomic E-state index is 13.8. The number of likely N-dealkylation sites (tertiary alicyclic amines) is 1. The van der Waals surface area contributed by atoms with Crippen molar-refractivity contribution in [2.75, 3.05) is 18.0 Å². The summed E-state index contributed by atoms with van der Waals surface area (Å²) in [6.45, 7) is 4.20. The number of nitrogens with zero attached hydrogens (tertiary/aromatic N) is 5. The SMILES string of the molecule is Cc1nc(C2CCCCN2C(=O)c2ccncc2)nc2c1CCCN2Cc1cccc(F)c1. The highest BCUT2D eigenvalue weighted by atomic mass is 19.1. The van der Waals surface area contributed by atoms with E-state index in [2.05, 4.69) is 9.88 Å². The second-order valence-electron chi connectivity index (χ2n) is 8.87. The molecule has 0 bridgehead atoms. The number of hydrogen-bond donors (Lipinski definition) is 0. The van der Waals surface area contributed by atoms with Gasteiger partial charge in [0, 0.05) is 48.8 Å². The van der Waals surface area contributed by atoms with E-state index in [1.165, 1.54) is 6.07 Å². The van der Waals surface area contributed by atoms with E-state index in [1.54, 1.807) is 36.7 Å². The second kappa shape index (κ2) is 9.25. The second-order valence-corrected chi connectivity index (χ2v) is 8.87. The lowest BCUT2D eigenvalue weighted by Gasteiger charge is -2.37. The van der Waals surface area contributed by atoms with Gasteiger partial charge in [-0.1, -0.05) is 12.1 Å². The van der Waals surface area contributed by atoms with Crippen LogP contribution >= 0.6 is 0 Å². The normalized spacial score (nSPS) is 18.2. The van der Waals surface area contributed by atoms with Crippen molar-refractivity contribution in [1.29, 1.82) is 0 Å². The van der Waals surface area contributed by atoms with Crippen molar-refractivity contribution in [3.63, 3.8) is 0 Å². The quantitative estimate of drug-likeness (QED) is 0.586. The Morgan fingerprint density at radius 1 is 1.09 bits per heavy atom. The molecule has 2 aromatic heterocycles. The predicted molar refractivity (Wildman–Crippen MR) is 124 cm³/mol. The zero-order valence-electron chi connectivity index (χ0n) is 18.9. The Morgan fingerprint density at radius 2 is 1.94 bits per heavy atom. The standard InChI is InChI=1S/C26H28FN5O/c1-18-22-8-5-14-31(17-19-6-4-7-21(27)16-19)25(22)30-24(29-18)23-9-2-3-15-32(23)26(33)20-10-12-28-13-11-20/h4,6-7,10-13,16,23H,2-3,5,8-9,14-15,17H2,1H3. The molecule has 2 aliphatic heterocycles. The number of benzene rings is 1. The molecular weight excluding hydrogens is 417 g/mol. The largest absolute Gasteiger partial charge is 0.352 e. The lowest BCUT2D eigenvalue weighted by Crippen LogP contribution is -2.40. The Hall–Kier alpha value is -3.35. The Labute approximate surface area is 193 Å². The number of aromatic nitrogens is 3. The summed E-state index contributed by atoms with van der Waals surface area (Å²) in [5.41, 5.74) is 3.69. The fourth-order valence-corrected chi connectivity index (χ4v) is 4.97. The van der Waals surface area contributed by atoms with Gasteiger partial charge in [0.25, 0.3) is 5.91 Å². The van der Waals surface area contributed by atoms with Crippen LogP contribution in [0.3, 0.4) is 0 Å². The van der Waals surface area contributed by atoms with E-state index in [0.717, 1.165) is 61.3 Å². The molecule has 33 heavy (non-hydrogen) atoms. The molecule has 6 nitrogen and oxygen atoms in total. The fourth-order valence-electron chi connectivity index (χ4n) is 4.97. The Morgan fingerprint density at radius 3 is 2.76 bits per heavy atom. The summed E-state index contributed by atoms with van der Waals surface area (Å²) < 4.78 is 13.8. The number of amides is 1. The highest BCUT2D eigenvalue weighted by Gasteiger charge is 2.32. The lowest BCUT2D eigenvalue weighted by molar-refractivity contribution is 0.0599. The van der Waals surface area contributed by atoms with Gasteiger partial charge in [-0.2, -0.15) is 0 Å². The van der Waals surface area contributed by atoms with Crippen molar-refractivity contribution in [3.8, 4) is 0 Å². The van der Waals surface area contributed by atoms with Gasteiger partial charge in [0.2, 0.25) is 0 Å². The van der Waals surface area contributed by atoms with Crippen LogP contribution in [0, 0.1) is 12.7 Å². The number of carbonyl (C=O) groups is 1. The Kier molecular flexibility index (Phi) is 6.03. The van der Waals surface area contributed by atoms with Crippen molar-refractivity contribution in [2.45, 2.75) is 51.6 Å². The molecule has 1 saturated heterocycles. The molecule has 1 aromatic carbocycles. The first-order valence-electron chi connectivity index (χ1n) is 11.7. The third-order valence-corrected chi connectivity index (χ3v) is 6.62. The summed E-state index contributed by atoms with van der Waals surface area (Å²) in [5, 5.41) is 0. The Balaban J connectivity index is 1.48. The highest BCUT2D eigenvalue weighted by Crippen LogP contribution is 2.34. The van der Waals surface area contributed by atoms with Crippen molar-refractivity contribution in [1.82, 2.24) is 19.9 Å². The van der Waals surface area contributed by atoms with Crippen molar-refractivity contribution >= 4 is 11.7 Å². The van der Waals surface area contributed by atoms with Gasteiger partial charge < -0.3 is 9.80 Å². The van der Waals surface area contributed by atoms with Crippen molar-refractivity contribution in [2.24, 2.45) is 0 Å². The average molecular weight is 446 g/mol. The number of halogens is 1. The van der Waals surface area contributed by atoms with Crippen LogP contribution in [0.5, 0.6) is 0 Å². The van der Waals surface area contributed by atoms with Crippen LogP contribution in [0.1, 0.15) is 64.7 Å². The minimum Gasteiger partial charge on any atom is -0.352 e. The van der Waals surface area contributed by atoms with E-state index in [-0.39, 0.29) is 17.8 Å². The van der Waals surface area contributed by atoms with E-state index >= 15 is 0 Å². The first kappa shape index (κ1) is 21.5. The molecule has 0 spiro atoms. The number of fused-ring (bicyclic) bond motifs is 1. The molecular formula is C26H28FN5O. The van der Waals surface area contributed by atoms with Gasteiger partial charge in [-0.15, -0.1) is 0 Å². The fraction of sp³-hybridized carbons (Fsp3) is 0.385. The molecule has 3 aromatic rings. The molecule has 0 radical (unpaired) electrons. The van der Waals surface area contributed by atoms with Crippen LogP contribution < -0.4 is 4.90 Å². The molecule has 1 amide bonds. The molecule has 1 atom stereocenters. The molecule has 1 fully saturated rings. The van der Waals surface area contributed by atoms with Crippen LogP contribution in [0.15, 0.2) is 48.8 Å². The summed E-state index contributed by atoms with van der Waals surface area (Å²) in [6.07, 6.45) is 8.11. The molecule has 2 aliphatic rings. The minimum absolute atomic E-state index is 0.00214. The summed E-state index contributed by atoms with van der Waals surface area (Å²) in [5.74, 6) is 1.41. The van der Waals surface area contributed by atoms with Crippen LogP contribution in [-0.2, 0) is 13.0 Å². The number of anilines is 1. The number of pyridine rings is 1. The Bertz CT molecular complexity index is 1150. The number of piperidine rings is 1. The third-order valence-electron chi connectivity index (χ3n) is 6.62. The van der Waals surface area contributed by atoms with Crippen molar-refractivity contribution in [3.05, 3.63) is 82.8 Å². The minimum atomic E-state index is -0.225. The summed E-state index contributed by atoms with van der Waals surface area (Å²) in [4.78, 5) is 31.4. The molecule has 1 unspecified atom stereocenters. The monoisotopic (exact) mass is 445 g/mol. The van der Waals surface area contributed by atoms with Gasteiger partial charge in [0.1, 0.15) is 11.6 Å². The van der Waals surface area contributed by atoms with Crippen LogP contribution in [-0.4, -0.2) is 38.8 Å². The third kappa shape index (κ3) is 4.45. The van der Waals surface area contributed by atoms with Crippen LogP contribution in [0.4, 0.5) is 10.2 Å². The number of rotatable bonds is 4. The molecule has 4 heterocycles. The first-order chi connectivity index (χ1) is 16.1. The van der Waals surface area contributed by atoms with E-state index in [9.17, 15) is 9.18 Å². The van der Waals surface area contributed by atoms with Gasteiger partial charge in [-0.05, 0) is 68.9 Å². The predicted octanol–water partition coefficient (Wildman–Crippen LogP) is 4.64. The van der Waals surface area contributed by atoms with Crippen LogP contribution in [0.2, 0.25) is 0 Å². The van der Waals surface area contributed by atoms with Gasteiger partial charge in [0.15, 0.2) is 5.82 Å². The molecule has 7 heteroatoms. The van der Waals surface area contributed by atoms with E-state index in [4.69, 9.17) is 9.97 Å². The number of carbonyl (C=O) groups excluding carboxylic acids is 1. The van der Waals surface area contributed by atoms with Crippen LogP contribution in [0.25, 0.3) is 0 Å². The molecule has 0 aliphatic carbocycles. The van der Waals surface area contributed by atoms with Gasteiger partial charge in [-0.25, -0.2) is 14.4 Å². The highest BCUT2D eigenvalue weighted by molar-refractivity contribution is 5.94.